The fourth-order valence-electron chi connectivity index (χ4n) is 3.59. The Balaban J connectivity index is 2.09. The van der Waals surface area contributed by atoms with Gasteiger partial charge in [-0.1, -0.05) is 32.0 Å². The van der Waals surface area contributed by atoms with Crippen molar-refractivity contribution in [1.82, 2.24) is 5.32 Å². The van der Waals surface area contributed by atoms with Gasteiger partial charge in [-0.2, -0.15) is 0 Å². The van der Waals surface area contributed by atoms with Crippen LogP contribution < -0.4 is 5.32 Å². The van der Waals surface area contributed by atoms with Gasteiger partial charge in [0.1, 0.15) is 0 Å². The topological polar surface area (TPSA) is 12.0 Å². The minimum absolute atomic E-state index is 0.607. The normalized spacial score (nSPS) is 32.0. The Hall–Kier alpha value is -0.820. The number of nitrogens with one attached hydrogen (secondary N) is 1. The smallest absolute Gasteiger partial charge is 0.0354 e. The van der Waals surface area contributed by atoms with E-state index in [1.807, 2.05) is 0 Å². The van der Waals surface area contributed by atoms with E-state index in [2.05, 4.69) is 37.4 Å². The van der Waals surface area contributed by atoms with Crippen LogP contribution in [0.15, 0.2) is 18.2 Å². The van der Waals surface area contributed by atoms with E-state index in [1.165, 1.54) is 12.8 Å². The van der Waals surface area contributed by atoms with Gasteiger partial charge in [0, 0.05) is 6.04 Å². The van der Waals surface area contributed by atoms with Crippen LogP contribution in [0.2, 0.25) is 0 Å². The lowest BCUT2D eigenvalue weighted by Gasteiger charge is -2.21. The largest absolute Gasteiger partial charge is 0.310 e. The van der Waals surface area contributed by atoms with E-state index in [9.17, 15) is 0 Å². The van der Waals surface area contributed by atoms with Crippen LogP contribution in [0.3, 0.4) is 0 Å². The molecule has 0 radical (unpaired) electrons. The monoisotopic (exact) mass is 201 g/mol. The predicted molar refractivity (Wildman–Crippen MR) is 63.1 cm³/mol. The lowest BCUT2D eigenvalue weighted by molar-refractivity contribution is 0.368. The molecule has 3 rings (SSSR count). The maximum atomic E-state index is 3.64. The summed E-state index contributed by atoms with van der Waals surface area (Å²) < 4.78 is 0. The van der Waals surface area contributed by atoms with Gasteiger partial charge in [-0.25, -0.2) is 0 Å². The highest BCUT2D eigenvalue weighted by Gasteiger charge is 2.41. The zero-order chi connectivity index (χ0) is 10.4. The molecule has 3 unspecified atom stereocenters. The Bertz CT molecular complexity index is 383. The van der Waals surface area contributed by atoms with Gasteiger partial charge in [0.25, 0.3) is 0 Å². The molecule has 0 saturated carbocycles. The molecule has 2 aliphatic carbocycles. The first-order valence-electron chi connectivity index (χ1n) is 6.18. The van der Waals surface area contributed by atoms with Crippen molar-refractivity contribution in [2.45, 2.75) is 38.6 Å². The second-order valence-electron chi connectivity index (χ2n) is 4.96. The first kappa shape index (κ1) is 9.41. The molecule has 0 saturated heterocycles. The molecule has 1 nitrogen and oxygen atoms in total. The first-order chi connectivity index (χ1) is 7.33. The van der Waals surface area contributed by atoms with Crippen molar-refractivity contribution in [3.63, 3.8) is 0 Å². The number of hydrogen-bond acceptors (Lipinski definition) is 1. The molecule has 1 heteroatoms. The molecule has 1 aromatic rings. The number of hydrogen-bond donors (Lipinski definition) is 1. The van der Waals surface area contributed by atoms with E-state index < -0.39 is 0 Å². The summed E-state index contributed by atoms with van der Waals surface area (Å²) in [6, 6.07) is 7.49. The van der Waals surface area contributed by atoms with Crippen LogP contribution in [0.1, 0.15) is 48.9 Å². The quantitative estimate of drug-likeness (QED) is 0.775. The van der Waals surface area contributed by atoms with E-state index >= 15 is 0 Å². The third-order valence-electron chi connectivity index (χ3n) is 4.25. The zero-order valence-electron chi connectivity index (χ0n) is 9.59. The molecule has 0 aliphatic heterocycles. The van der Waals surface area contributed by atoms with Crippen molar-refractivity contribution in [1.29, 1.82) is 0 Å². The number of aryl methyl sites for hydroxylation is 1. The lowest BCUT2D eigenvalue weighted by atomic mass is 9.92. The molecule has 0 amide bonds. The van der Waals surface area contributed by atoms with E-state index in [0.29, 0.717) is 6.04 Å². The molecule has 15 heavy (non-hydrogen) atoms. The Morgan fingerprint density at radius 1 is 1.40 bits per heavy atom. The Morgan fingerprint density at radius 3 is 3.07 bits per heavy atom. The number of rotatable bonds is 2. The highest BCUT2D eigenvalue weighted by Crippen LogP contribution is 2.52. The second kappa shape index (κ2) is 3.34. The Morgan fingerprint density at radius 2 is 2.27 bits per heavy atom. The van der Waals surface area contributed by atoms with Crippen LogP contribution in [-0.4, -0.2) is 6.54 Å². The summed E-state index contributed by atoms with van der Waals surface area (Å²) in [5.41, 5.74) is 4.89. The lowest BCUT2D eigenvalue weighted by Crippen LogP contribution is -2.24. The standard InChI is InChI=1S/C14H19N/c1-3-15-14-9(2)11-8-7-10-5-4-6-12(14)13(10)11/h4-6,9,11,14-15H,3,7-8H2,1-2H3. The van der Waals surface area contributed by atoms with E-state index in [0.717, 1.165) is 18.4 Å². The minimum atomic E-state index is 0.607. The molecular weight excluding hydrogens is 182 g/mol. The van der Waals surface area contributed by atoms with Gasteiger partial charge < -0.3 is 5.32 Å². The fourth-order valence-corrected chi connectivity index (χ4v) is 3.59. The van der Waals surface area contributed by atoms with Gasteiger partial charge in [-0.05, 0) is 47.9 Å². The first-order valence-corrected chi connectivity index (χ1v) is 6.18. The summed E-state index contributed by atoms with van der Waals surface area (Å²) in [6.07, 6.45) is 2.67. The number of benzene rings is 1. The molecule has 0 heterocycles. The summed E-state index contributed by atoms with van der Waals surface area (Å²) in [5.74, 6) is 1.61. The van der Waals surface area contributed by atoms with Crippen LogP contribution in [0, 0.1) is 5.92 Å². The van der Waals surface area contributed by atoms with E-state index in [-0.39, 0.29) is 0 Å². The van der Waals surface area contributed by atoms with Gasteiger partial charge in [-0.3, -0.25) is 0 Å². The second-order valence-corrected chi connectivity index (χ2v) is 4.96. The maximum absolute atomic E-state index is 3.64. The van der Waals surface area contributed by atoms with Gasteiger partial charge in [-0.15, -0.1) is 0 Å². The summed E-state index contributed by atoms with van der Waals surface area (Å²) in [4.78, 5) is 0. The van der Waals surface area contributed by atoms with Crippen LogP contribution >= 0.6 is 0 Å². The van der Waals surface area contributed by atoms with Gasteiger partial charge in [0.15, 0.2) is 0 Å². The Kier molecular flexibility index (Phi) is 2.10. The highest BCUT2D eigenvalue weighted by molar-refractivity contribution is 5.48. The van der Waals surface area contributed by atoms with Crippen molar-refractivity contribution >= 4 is 0 Å². The maximum Gasteiger partial charge on any atom is 0.0354 e. The summed E-state index contributed by atoms with van der Waals surface area (Å²) in [6.45, 7) is 5.69. The third-order valence-corrected chi connectivity index (χ3v) is 4.25. The van der Waals surface area contributed by atoms with Gasteiger partial charge >= 0.3 is 0 Å². The predicted octanol–water partition coefficient (Wildman–Crippen LogP) is 3.02. The average molecular weight is 201 g/mol. The van der Waals surface area contributed by atoms with Crippen molar-refractivity contribution < 1.29 is 0 Å². The zero-order valence-corrected chi connectivity index (χ0v) is 9.59. The third kappa shape index (κ3) is 1.19. The van der Waals surface area contributed by atoms with E-state index in [4.69, 9.17) is 0 Å². The van der Waals surface area contributed by atoms with Crippen LogP contribution in [0.4, 0.5) is 0 Å². The summed E-state index contributed by atoms with van der Waals surface area (Å²) >= 11 is 0. The van der Waals surface area contributed by atoms with Crippen LogP contribution in [0.5, 0.6) is 0 Å². The average Bonchev–Trinajstić information content (AvgIpc) is 2.78. The van der Waals surface area contributed by atoms with Crippen molar-refractivity contribution in [3.8, 4) is 0 Å². The SMILES string of the molecule is CCNC1c2cccc3c2C(CC3)C1C. The molecule has 0 spiro atoms. The molecular formula is C14H19N. The molecule has 80 valence electrons. The highest BCUT2D eigenvalue weighted by atomic mass is 14.9. The molecule has 0 bridgehead atoms. The summed E-state index contributed by atoms with van der Waals surface area (Å²) in [5, 5.41) is 3.64. The molecule has 3 atom stereocenters. The fraction of sp³-hybridized carbons (Fsp3) is 0.571. The molecule has 0 fully saturated rings. The van der Waals surface area contributed by atoms with Crippen molar-refractivity contribution in [2.75, 3.05) is 6.54 Å². The molecule has 1 aromatic carbocycles. The van der Waals surface area contributed by atoms with Crippen molar-refractivity contribution in [2.24, 2.45) is 5.92 Å². The van der Waals surface area contributed by atoms with Gasteiger partial charge in [0.05, 0.1) is 0 Å². The van der Waals surface area contributed by atoms with Crippen LogP contribution in [-0.2, 0) is 6.42 Å². The Labute approximate surface area is 91.9 Å². The van der Waals surface area contributed by atoms with Gasteiger partial charge in [0.2, 0.25) is 0 Å². The summed E-state index contributed by atoms with van der Waals surface area (Å²) in [7, 11) is 0. The van der Waals surface area contributed by atoms with Crippen LogP contribution in [0.25, 0.3) is 0 Å². The van der Waals surface area contributed by atoms with E-state index in [1.54, 1.807) is 16.7 Å². The molecule has 0 aromatic heterocycles. The molecule has 1 N–H and O–H groups in total. The molecule has 2 aliphatic rings. The van der Waals surface area contributed by atoms with Crippen molar-refractivity contribution in [3.05, 3.63) is 34.9 Å². The minimum Gasteiger partial charge on any atom is -0.310 e.